The van der Waals surface area contributed by atoms with E-state index >= 15 is 0 Å². The van der Waals surface area contributed by atoms with Crippen molar-refractivity contribution in [1.29, 1.82) is 0 Å². The fourth-order valence-corrected chi connectivity index (χ4v) is 2.94. The number of aromatic hydroxyl groups is 1. The number of carbonyl (C=O) groups excluding carboxylic acids is 1. The highest BCUT2D eigenvalue weighted by Gasteiger charge is 2.25. The minimum atomic E-state index is 0. The van der Waals surface area contributed by atoms with E-state index in [0.29, 0.717) is 31.9 Å². The maximum atomic E-state index is 11.8. The van der Waals surface area contributed by atoms with Crippen LogP contribution in [0, 0.1) is 0 Å². The molecule has 1 aromatic rings. The molecule has 0 radical (unpaired) electrons. The number of aliphatic imine (C=N–C) groups is 1. The number of likely N-dealkylation sites (tertiary alicyclic amines) is 1. The van der Waals surface area contributed by atoms with Crippen molar-refractivity contribution in [1.82, 2.24) is 15.5 Å². The van der Waals surface area contributed by atoms with Crippen LogP contribution in [0.2, 0.25) is 0 Å². The van der Waals surface area contributed by atoms with Gasteiger partial charge in [0, 0.05) is 32.1 Å². The molecule has 0 saturated carbocycles. The molecule has 0 bridgehead atoms. The topological polar surface area (TPSA) is 86.2 Å². The molecule has 7 nitrogen and oxygen atoms in total. The quantitative estimate of drug-likeness (QED) is 0.311. The Hall–Kier alpha value is -1.71. The summed E-state index contributed by atoms with van der Waals surface area (Å²) in [5, 5.41) is 16.4. The Labute approximate surface area is 178 Å². The van der Waals surface area contributed by atoms with E-state index in [0.717, 1.165) is 31.0 Å². The summed E-state index contributed by atoms with van der Waals surface area (Å²) in [4.78, 5) is 18.3. The average Bonchev–Trinajstić information content (AvgIpc) is 3.10. The van der Waals surface area contributed by atoms with Gasteiger partial charge in [-0.2, -0.15) is 0 Å². The van der Waals surface area contributed by atoms with Crippen LogP contribution in [-0.2, 0) is 11.3 Å². The minimum Gasteiger partial charge on any atom is -0.504 e. The van der Waals surface area contributed by atoms with E-state index in [1.54, 1.807) is 6.07 Å². The maximum Gasteiger partial charge on any atom is 0.222 e. The molecular weight excluding hydrogens is 459 g/mol. The number of amides is 1. The Balaban J connectivity index is 0.00000364. The second-order valence-corrected chi connectivity index (χ2v) is 6.25. The SMILES string of the molecule is CCNC(=NCc1ccc(O)c(OCC)c1)NC1CCN(C(=O)CC)C1.I. The highest BCUT2D eigenvalue weighted by atomic mass is 127. The van der Waals surface area contributed by atoms with Crippen LogP contribution in [0.4, 0.5) is 0 Å². The monoisotopic (exact) mass is 490 g/mol. The van der Waals surface area contributed by atoms with Crippen molar-refractivity contribution in [3.8, 4) is 11.5 Å². The molecule has 8 heteroatoms. The number of hydrogen-bond acceptors (Lipinski definition) is 4. The van der Waals surface area contributed by atoms with E-state index in [1.165, 1.54) is 0 Å². The van der Waals surface area contributed by atoms with Crippen molar-refractivity contribution in [3.63, 3.8) is 0 Å². The number of halogens is 1. The van der Waals surface area contributed by atoms with Gasteiger partial charge in [0.15, 0.2) is 17.5 Å². The molecule has 1 atom stereocenters. The highest BCUT2D eigenvalue weighted by molar-refractivity contribution is 14.0. The molecule has 0 aromatic heterocycles. The van der Waals surface area contributed by atoms with Crippen LogP contribution in [0.1, 0.15) is 39.2 Å². The van der Waals surface area contributed by atoms with Crippen molar-refractivity contribution >= 4 is 35.8 Å². The molecule has 1 saturated heterocycles. The molecule has 1 heterocycles. The Bertz CT molecular complexity index is 639. The number of carbonyl (C=O) groups is 1. The first-order valence-corrected chi connectivity index (χ1v) is 9.34. The normalized spacial score (nSPS) is 16.6. The molecule has 27 heavy (non-hydrogen) atoms. The van der Waals surface area contributed by atoms with Gasteiger partial charge in [0.1, 0.15) is 0 Å². The van der Waals surface area contributed by atoms with Crippen molar-refractivity contribution in [2.24, 2.45) is 4.99 Å². The molecule has 1 aliphatic heterocycles. The fourth-order valence-electron chi connectivity index (χ4n) is 2.94. The Morgan fingerprint density at radius 3 is 2.81 bits per heavy atom. The number of benzene rings is 1. The Morgan fingerprint density at radius 1 is 1.37 bits per heavy atom. The number of ether oxygens (including phenoxy) is 1. The second-order valence-electron chi connectivity index (χ2n) is 6.25. The van der Waals surface area contributed by atoms with E-state index < -0.39 is 0 Å². The molecule has 1 aromatic carbocycles. The minimum absolute atomic E-state index is 0. The summed E-state index contributed by atoms with van der Waals surface area (Å²) >= 11 is 0. The summed E-state index contributed by atoms with van der Waals surface area (Å²) in [6, 6.07) is 5.48. The third-order valence-corrected chi connectivity index (χ3v) is 4.27. The third-order valence-electron chi connectivity index (χ3n) is 4.27. The van der Waals surface area contributed by atoms with E-state index in [9.17, 15) is 9.90 Å². The lowest BCUT2D eigenvalue weighted by molar-refractivity contribution is -0.129. The lowest BCUT2D eigenvalue weighted by Gasteiger charge is -2.18. The zero-order chi connectivity index (χ0) is 18.9. The molecule has 1 aliphatic rings. The summed E-state index contributed by atoms with van der Waals surface area (Å²) in [6.07, 6.45) is 1.47. The Morgan fingerprint density at radius 2 is 2.15 bits per heavy atom. The van der Waals surface area contributed by atoms with Crippen LogP contribution in [0.25, 0.3) is 0 Å². The number of hydrogen-bond donors (Lipinski definition) is 3. The molecule has 1 unspecified atom stereocenters. The van der Waals surface area contributed by atoms with Crippen LogP contribution in [0.3, 0.4) is 0 Å². The van der Waals surface area contributed by atoms with Gasteiger partial charge in [-0.25, -0.2) is 4.99 Å². The molecule has 0 spiro atoms. The second kappa shape index (κ2) is 11.9. The van der Waals surface area contributed by atoms with Crippen molar-refractivity contribution in [2.75, 3.05) is 26.2 Å². The first-order valence-electron chi connectivity index (χ1n) is 9.34. The fraction of sp³-hybridized carbons (Fsp3) is 0.579. The molecule has 3 N–H and O–H groups in total. The smallest absolute Gasteiger partial charge is 0.222 e. The van der Waals surface area contributed by atoms with Crippen molar-refractivity contribution in [2.45, 2.75) is 46.2 Å². The predicted octanol–water partition coefficient (Wildman–Crippen LogP) is 2.47. The molecule has 2 rings (SSSR count). The summed E-state index contributed by atoms with van der Waals surface area (Å²) < 4.78 is 5.42. The molecule has 152 valence electrons. The first-order chi connectivity index (χ1) is 12.6. The van der Waals surface area contributed by atoms with E-state index in [2.05, 4.69) is 15.6 Å². The molecular formula is C19H31IN4O3. The standard InChI is InChI=1S/C19H30N4O3.HI/c1-4-18(25)23-10-9-15(13-23)22-19(20-5-2)21-12-14-7-8-16(24)17(11-14)26-6-3;/h7-8,11,15,24H,4-6,9-10,12-13H2,1-3H3,(H2,20,21,22);1H. The van der Waals surface area contributed by atoms with Gasteiger partial charge in [0.2, 0.25) is 5.91 Å². The van der Waals surface area contributed by atoms with Gasteiger partial charge in [-0.15, -0.1) is 24.0 Å². The van der Waals surface area contributed by atoms with Crippen LogP contribution in [0.15, 0.2) is 23.2 Å². The first kappa shape index (κ1) is 23.3. The summed E-state index contributed by atoms with van der Waals surface area (Å²) in [6.45, 7) is 9.03. The van der Waals surface area contributed by atoms with Crippen LogP contribution in [-0.4, -0.2) is 54.2 Å². The lowest BCUT2D eigenvalue weighted by Crippen LogP contribution is -2.45. The third kappa shape index (κ3) is 7.08. The van der Waals surface area contributed by atoms with Gasteiger partial charge in [-0.3, -0.25) is 4.79 Å². The van der Waals surface area contributed by atoms with Gasteiger partial charge in [-0.1, -0.05) is 13.0 Å². The summed E-state index contributed by atoms with van der Waals surface area (Å²) in [7, 11) is 0. The van der Waals surface area contributed by atoms with Gasteiger partial charge in [0.25, 0.3) is 0 Å². The van der Waals surface area contributed by atoms with E-state index in [4.69, 9.17) is 4.74 Å². The predicted molar refractivity (Wildman–Crippen MR) is 118 cm³/mol. The van der Waals surface area contributed by atoms with Crippen LogP contribution < -0.4 is 15.4 Å². The molecule has 1 fully saturated rings. The van der Waals surface area contributed by atoms with Crippen molar-refractivity contribution < 1.29 is 14.6 Å². The summed E-state index contributed by atoms with van der Waals surface area (Å²) in [5.41, 5.74) is 0.956. The number of nitrogens with zero attached hydrogens (tertiary/aromatic N) is 2. The van der Waals surface area contributed by atoms with Crippen LogP contribution >= 0.6 is 24.0 Å². The average molecular weight is 490 g/mol. The summed E-state index contributed by atoms with van der Waals surface area (Å²) in [5.74, 6) is 1.54. The lowest BCUT2D eigenvalue weighted by atomic mass is 10.2. The highest BCUT2D eigenvalue weighted by Crippen LogP contribution is 2.27. The largest absolute Gasteiger partial charge is 0.504 e. The van der Waals surface area contributed by atoms with Gasteiger partial charge in [-0.05, 0) is 38.0 Å². The number of nitrogens with one attached hydrogen (secondary N) is 2. The Kier molecular flexibility index (Phi) is 10.3. The number of rotatable bonds is 7. The van der Waals surface area contributed by atoms with E-state index in [1.807, 2.05) is 37.8 Å². The molecule has 1 amide bonds. The van der Waals surface area contributed by atoms with Crippen molar-refractivity contribution in [3.05, 3.63) is 23.8 Å². The maximum absolute atomic E-state index is 11.8. The molecule has 0 aliphatic carbocycles. The number of phenolic OH excluding ortho intramolecular Hbond substituents is 1. The van der Waals surface area contributed by atoms with Gasteiger partial charge >= 0.3 is 0 Å². The van der Waals surface area contributed by atoms with Gasteiger partial charge < -0.3 is 25.4 Å². The van der Waals surface area contributed by atoms with E-state index in [-0.39, 0.29) is 41.7 Å². The van der Waals surface area contributed by atoms with Gasteiger partial charge in [0.05, 0.1) is 13.2 Å². The number of guanidine groups is 1. The number of phenols is 1. The zero-order valence-electron chi connectivity index (χ0n) is 16.3. The van der Waals surface area contributed by atoms with Crippen LogP contribution in [0.5, 0.6) is 11.5 Å². The zero-order valence-corrected chi connectivity index (χ0v) is 18.7.